The summed E-state index contributed by atoms with van der Waals surface area (Å²) < 4.78 is 25.6. The Kier molecular flexibility index (Phi) is 5.87. The zero-order valence-corrected chi connectivity index (χ0v) is 18.4. The first kappa shape index (κ1) is 21.4. The number of pyridine rings is 1. The fraction of sp³-hybridized carbons (Fsp3) is 0.182. The first-order valence-electron chi connectivity index (χ1n) is 9.95. The minimum atomic E-state index is -2.51. The standard InChI is InChI=1S/C22H22N6O3S/c1-14(2)27-13-24-26-22(27)17-4-3-5-20(25-17)28-18(10-11-19(28)21(23)29)16-8-6-15(7-9-16)12-32(30)31/h3-11,13-14,32H,12H2,1-2H3,(H2,23,29). The predicted octanol–water partition coefficient (Wildman–Crippen LogP) is 2.59. The lowest BCUT2D eigenvalue weighted by molar-refractivity contribution is 0.0994. The van der Waals surface area contributed by atoms with Crippen molar-refractivity contribution < 1.29 is 13.2 Å². The van der Waals surface area contributed by atoms with Crippen molar-refractivity contribution in [3.63, 3.8) is 0 Å². The van der Waals surface area contributed by atoms with Crippen LogP contribution in [0.15, 0.2) is 60.9 Å². The third-order valence-electron chi connectivity index (χ3n) is 5.02. The van der Waals surface area contributed by atoms with E-state index in [4.69, 9.17) is 10.7 Å². The van der Waals surface area contributed by atoms with Crippen LogP contribution < -0.4 is 5.73 Å². The summed E-state index contributed by atoms with van der Waals surface area (Å²) in [6, 6.07) is 16.1. The molecule has 1 amide bonds. The van der Waals surface area contributed by atoms with Gasteiger partial charge in [-0.3, -0.25) is 9.36 Å². The molecule has 0 radical (unpaired) electrons. The molecule has 2 N–H and O–H groups in total. The van der Waals surface area contributed by atoms with Crippen LogP contribution in [0, 0.1) is 0 Å². The number of nitrogens with zero attached hydrogens (tertiary/aromatic N) is 5. The molecule has 32 heavy (non-hydrogen) atoms. The maximum atomic E-state index is 12.2. The minimum absolute atomic E-state index is 0.0245. The Balaban J connectivity index is 1.83. The van der Waals surface area contributed by atoms with Crippen molar-refractivity contribution >= 4 is 16.6 Å². The summed E-state index contributed by atoms with van der Waals surface area (Å²) in [5, 5.41) is 8.20. The Morgan fingerprint density at radius 1 is 1.06 bits per heavy atom. The number of rotatable bonds is 7. The smallest absolute Gasteiger partial charge is 0.265 e. The van der Waals surface area contributed by atoms with Crippen LogP contribution in [-0.4, -0.2) is 38.6 Å². The molecule has 0 bridgehead atoms. The molecule has 3 aromatic heterocycles. The van der Waals surface area contributed by atoms with Gasteiger partial charge in [0.1, 0.15) is 34.2 Å². The van der Waals surface area contributed by atoms with E-state index < -0.39 is 16.6 Å². The summed E-state index contributed by atoms with van der Waals surface area (Å²) in [5.41, 5.74) is 8.71. The number of nitrogens with two attached hydrogens (primary N) is 1. The SMILES string of the molecule is CC(C)n1cnnc1-c1cccc(-n2c(C(N)=O)ccc2-c2ccc(C[SH](=O)=O)cc2)n1. The maximum Gasteiger partial charge on any atom is 0.265 e. The van der Waals surface area contributed by atoms with Crippen molar-refractivity contribution in [1.82, 2.24) is 24.3 Å². The van der Waals surface area contributed by atoms with Gasteiger partial charge in [-0.05, 0) is 49.2 Å². The lowest BCUT2D eigenvalue weighted by Gasteiger charge is -2.14. The Bertz CT molecular complexity index is 1340. The van der Waals surface area contributed by atoms with Gasteiger partial charge in [0.25, 0.3) is 5.91 Å². The molecule has 1 aromatic carbocycles. The van der Waals surface area contributed by atoms with Crippen molar-refractivity contribution in [3.8, 4) is 28.6 Å². The second-order valence-electron chi connectivity index (χ2n) is 7.53. The molecule has 4 aromatic rings. The quantitative estimate of drug-likeness (QED) is 0.417. The average Bonchev–Trinajstić information content (AvgIpc) is 3.42. The molecular formula is C22H22N6O3S. The Labute approximate surface area is 186 Å². The normalized spacial score (nSPS) is 11.4. The zero-order valence-electron chi connectivity index (χ0n) is 17.5. The van der Waals surface area contributed by atoms with Crippen molar-refractivity contribution in [1.29, 1.82) is 0 Å². The summed E-state index contributed by atoms with van der Waals surface area (Å²) in [6.45, 7) is 4.05. The number of hydrogen-bond donors (Lipinski definition) is 2. The van der Waals surface area contributed by atoms with Gasteiger partial charge < -0.3 is 10.3 Å². The van der Waals surface area contributed by atoms with E-state index in [0.717, 1.165) is 5.56 Å². The highest BCUT2D eigenvalue weighted by Crippen LogP contribution is 2.28. The zero-order chi connectivity index (χ0) is 22.8. The predicted molar refractivity (Wildman–Crippen MR) is 121 cm³/mol. The van der Waals surface area contributed by atoms with Gasteiger partial charge in [0.15, 0.2) is 5.82 Å². The molecule has 0 unspecified atom stereocenters. The molecule has 0 fully saturated rings. The number of carbonyl (C=O) groups is 1. The van der Waals surface area contributed by atoms with Crippen LogP contribution in [0.5, 0.6) is 0 Å². The third-order valence-corrected chi connectivity index (χ3v) is 5.64. The Hall–Kier alpha value is -3.79. The van der Waals surface area contributed by atoms with Gasteiger partial charge in [-0.2, -0.15) is 0 Å². The molecule has 0 atom stereocenters. The monoisotopic (exact) mass is 450 g/mol. The fourth-order valence-corrected chi connectivity index (χ4v) is 4.02. The van der Waals surface area contributed by atoms with Gasteiger partial charge in [-0.25, -0.2) is 13.4 Å². The second-order valence-corrected chi connectivity index (χ2v) is 8.51. The molecule has 0 saturated carbocycles. The molecule has 0 aliphatic carbocycles. The Morgan fingerprint density at radius 2 is 1.81 bits per heavy atom. The van der Waals surface area contributed by atoms with Crippen LogP contribution in [0.3, 0.4) is 0 Å². The van der Waals surface area contributed by atoms with Gasteiger partial charge in [-0.1, -0.05) is 30.3 Å². The fourth-order valence-electron chi connectivity index (χ4n) is 3.51. The lowest BCUT2D eigenvalue weighted by Crippen LogP contribution is -2.17. The van der Waals surface area contributed by atoms with Crippen LogP contribution >= 0.6 is 0 Å². The molecule has 4 rings (SSSR count). The van der Waals surface area contributed by atoms with E-state index in [1.54, 1.807) is 41.2 Å². The molecular weight excluding hydrogens is 428 g/mol. The van der Waals surface area contributed by atoms with Crippen LogP contribution in [0.25, 0.3) is 28.6 Å². The summed E-state index contributed by atoms with van der Waals surface area (Å²) in [5.74, 6) is 0.505. The number of aromatic nitrogens is 5. The average molecular weight is 451 g/mol. The van der Waals surface area contributed by atoms with Crippen LogP contribution in [0.1, 0.15) is 35.9 Å². The topological polar surface area (TPSA) is 126 Å². The highest BCUT2D eigenvalue weighted by atomic mass is 32.2. The van der Waals surface area contributed by atoms with Gasteiger partial charge >= 0.3 is 0 Å². The van der Waals surface area contributed by atoms with E-state index >= 15 is 0 Å². The number of carbonyl (C=O) groups excluding carboxylic acids is 1. The molecule has 9 nitrogen and oxygen atoms in total. The van der Waals surface area contributed by atoms with Crippen molar-refractivity contribution in [3.05, 3.63) is 72.2 Å². The lowest BCUT2D eigenvalue weighted by atomic mass is 10.1. The van der Waals surface area contributed by atoms with Gasteiger partial charge in [0.05, 0.1) is 11.4 Å². The molecule has 3 heterocycles. The first-order chi connectivity index (χ1) is 15.3. The van der Waals surface area contributed by atoms with Crippen LogP contribution in [0.2, 0.25) is 0 Å². The molecule has 10 heteroatoms. The van der Waals surface area contributed by atoms with E-state index in [1.165, 1.54) is 0 Å². The summed E-state index contributed by atoms with van der Waals surface area (Å²) in [7, 11) is -2.51. The van der Waals surface area contributed by atoms with Gasteiger partial charge in [-0.15, -0.1) is 10.2 Å². The number of thiol groups is 1. The van der Waals surface area contributed by atoms with E-state index in [0.29, 0.717) is 28.6 Å². The molecule has 0 aliphatic rings. The van der Waals surface area contributed by atoms with E-state index in [1.807, 2.05) is 42.7 Å². The summed E-state index contributed by atoms with van der Waals surface area (Å²) >= 11 is 0. The van der Waals surface area contributed by atoms with Gasteiger partial charge in [0, 0.05) is 6.04 Å². The van der Waals surface area contributed by atoms with E-state index in [2.05, 4.69) is 10.2 Å². The molecule has 0 spiro atoms. The highest BCUT2D eigenvalue weighted by Gasteiger charge is 2.18. The van der Waals surface area contributed by atoms with Crippen molar-refractivity contribution in [2.24, 2.45) is 5.73 Å². The number of hydrogen-bond acceptors (Lipinski definition) is 6. The molecule has 0 aliphatic heterocycles. The van der Waals surface area contributed by atoms with Crippen molar-refractivity contribution in [2.75, 3.05) is 0 Å². The largest absolute Gasteiger partial charge is 0.364 e. The van der Waals surface area contributed by atoms with E-state index in [-0.39, 0.29) is 17.5 Å². The maximum absolute atomic E-state index is 12.2. The third kappa shape index (κ3) is 4.17. The molecule has 164 valence electrons. The highest BCUT2D eigenvalue weighted by molar-refractivity contribution is 7.71. The van der Waals surface area contributed by atoms with Crippen LogP contribution in [0.4, 0.5) is 0 Å². The summed E-state index contributed by atoms with van der Waals surface area (Å²) in [6.07, 6.45) is 1.65. The number of benzene rings is 1. The first-order valence-corrected chi connectivity index (χ1v) is 11.3. The summed E-state index contributed by atoms with van der Waals surface area (Å²) in [4.78, 5) is 16.9. The molecule has 0 saturated heterocycles. The number of amides is 1. The minimum Gasteiger partial charge on any atom is -0.364 e. The van der Waals surface area contributed by atoms with Crippen molar-refractivity contribution in [2.45, 2.75) is 25.6 Å². The Morgan fingerprint density at radius 3 is 2.47 bits per heavy atom. The van der Waals surface area contributed by atoms with Crippen LogP contribution in [-0.2, 0) is 16.5 Å². The number of primary amides is 1. The van der Waals surface area contributed by atoms with E-state index in [9.17, 15) is 13.2 Å². The van der Waals surface area contributed by atoms with Gasteiger partial charge in [0.2, 0.25) is 0 Å². The second kappa shape index (κ2) is 8.75.